The van der Waals surface area contributed by atoms with Crippen molar-refractivity contribution in [3.8, 4) is 5.75 Å². The quantitative estimate of drug-likeness (QED) is 0.784. The molecular formula is C20H23NO3. The number of rotatable bonds is 5. The third-order valence-corrected chi connectivity index (χ3v) is 4.60. The smallest absolute Gasteiger partial charge is 0.337 e. The average Bonchev–Trinajstić information content (AvgIpc) is 3.09. The van der Waals surface area contributed by atoms with Gasteiger partial charge in [0.15, 0.2) is 0 Å². The van der Waals surface area contributed by atoms with Gasteiger partial charge in [-0.15, -0.1) is 0 Å². The molecular weight excluding hydrogens is 302 g/mol. The molecule has 0 N–H and O–H groups in total. The molecule has 2 aromatic carbocycles. The lowest BCUT2D eigenvalue weighted by Gasteiger charge is -2.25. The molecule has 0 saturated carbocycles. The van der Waals surface area contributed by atoms with E-state index >= 15 is 0 Å². The summed E-state index contributed by atoms with van der Waals surface area (Å²) in [6, 6.07) is 16.4. The van der Waals surface area contributed by atoms with E-state index < -0.39 is 0 Å². The second-order valence-corrected chi connectivity index (χ2v) is 6.09. The van der Waals surface area contributed by atoms with E-state index in [1.54, 1.807) is 13.2 Å². The number of hydrogen-bond donors (Lipinski definition) is 0. The molecule has 0 aromatic heterocycles. The van der Waals surface area contributed by atoms with E-state index in [4.69, 9.17) is 9.47 Å². The van der Waals surface area contributed by atoms with E-state index in [1.807, 2.05) is 24.3 Å². The Kier molecular flexibility index (Phi) is 5.16. The highest BCUT2D eigenvalue weighted by Gasteiger charge is 2.26. The van der Waals surface area contributed by atoms with Crippen molar-refractivity contribution < 1.29 is 14.3 Å². The first kappa shape index (κ1) is 16.5. The van der Waals surface area contributed by atoms with Gasteiger partial charge >= 0.3 is 5.97 Å². The minimum atomic E-state index is -0.287. The van der Waals surface area contributed by atoms with Crippen LogP contribution in [0.15, 0.2) is 48.5 Å². The third-order valence-electron chi connectivity index (χ3n) is 4.60. The summed E-state index contributed by atoms with van der Waals surface area (Å²) in [6.45, 7) is 1.90. The van der Waals surface area contributed by atoms with E-state index in [0.29, 0.717) is 11.6 Å². The first-order valence-corrected chi connectivity index (χ1v) is 8.26. The highest BCUT2D eigenvalue weighted by Crippen LogP contribution is 2.33. The maximum atomic E-state index is 11.7. The van der Waals surface area contributed by atoms with Gasteiger partial charge in [0.05, 0.1) is 19.8 Å². The molecule has 0 bridgehead atoms. The van der Waals surface area contributed by atoms with Crippen LogP contribution in [-0.4, -0.2) is 31.6 Å². The minimum absolute atomic E-state index is 0.287. The SMILES string of the molecule is COC(=O)c1cccc(CN2CCCC2c2ccc(OC)cc2)c1. The highest BCUT2D eigenvalue weighted by molar-refractivity contribution is 5.89. The third kappa shape index (κ3) is 3.60. The molecule has 24 heavy (non-hydrogen) atoms. The summed E-state index contributed by atoms with van der Waals surface area (Å²) in [4.78, 5) is 14.2. The molecule has 1 saturated heterocycles. The molecule has 1 heterocycles. The summed E-state index contributed by atoms with van der Waals surface area (Å²) in [5, 5.41) is 0. The predicted octanol–water partition coefficient (Wildman–Crippen LogP) is 3.82. The lowest BCUT2D eigenvalue weighted by molar-refractivity contribution is 0.0600. The van der Waals surface area contributed by atoms with Crippen LogP contribution in [0.2, 0.25) is 0 Å². The van der Waals surface area contributed by atoms with Gasteiger partial charge in [-0.2, -0.15) is 0 Å². The van der Waals surface area contributed by atoms with Gasteiger partial charge in [0, 0.05) is 12.6 Å². The Bertz CT molecular complexity index is 696. The maximum absolute atomic E-state index is 11.7. The average molecular weight is 325 g/mol. The molecule has 4 nitrogen and oxygen atoms in total. The highest BCUT2D eigenvalue weighted by atomic mass is 16.5. The molecule has 1 unspecified atom stereocenters. The summed E-state index contributed by atoms with van der Waals surface area (Å²) in [7, 11) is 3.10. The van der Waals surface area contributed by atoms with Crippen LogP contribution in [0.1, 0.15) is 40.4 Å². The number of benzene rings is 2. The first-order valence-electron chi connectivity index (χ1n) is 8.26. The summed E-state index contributed by atoms with van der Waals surface area (Å²) >= 11 is 0. The van der Waals surface area contributed by atoms with Crippen LogP contribution in [0.5, 0.6) is 5.75 Å². The number of likely N-dealkylation sites (tertiary alicyclic amines) is 1. The predicted molar refractivity (Wildman–Crippen MR) is 93.2 cm³/mol. The molecule has 126 valence electrons. The fourth-order valence-corrected chi connectivity index (χ4v) is 3.37. The number of esters is 1. The maximum Gasteiger partial charge on any atom is 0.337 e. The zero-order chi connectivity index (χ0) is 16.9. The Labute approximate surface area is 143 Å². The molecule has 1 aliphatic heterocycles. The van der Waals surface area contributed by atoms with E-state index in [0.717, 1.165) is 30.8 Å². The normalized spacial score (nSPS) is 17.7. The van der Waals surface area contributed by atoms with Crippen molar-refractivity contribution in [1.82, 2.24) is 4.90 Å². The standard InChI is InChI=1S/C20H23NO3/c1-23-18-10-8-16(9-11-18)19-7-4-12-21(19)14-15-5-3-6-17(13-15)20(22)24-2/h3,5-6,8-11,13,19H,4,7,12,14H2,1-2H3. The fourth-order valence-electron chi connectivity index (χ4n) is 3.37. The summed E-state index contributed by atoms with van der Waals surface area (Å²) in [6.07, 6.45) is 2.34. The van der Waals surface area contributed by atoms with Crippen LogP contribution in [0.3, 0.4) is 0 Å². The Balaban J connectivity index is 1.75. The van der Waals surface area contributed by atoms with Gasteiger partial charge in [0.25, 0.3) is 0 Å². The van der Waals surface area contributed by atoms with Crippen LogP contribution >= 0.6 is 0 Å². The van der Waals surface area contributed by atoms with Crippen molar-refractivity contribution in [1.29, 1.82) is 0 Å². The number of carbonyl (C=O) groups excluding carboxylic acids is 1. The second kappa shape index (κ2) is 7.49. The fraction of sp³-hybridized carbons (Fsp3) is 0.350. The molecule has 1 aliphatic rings. The van der Waals surface area contributed by atoms with Crippen LogP contribution in [0.4, 0.5) is 0 Å². The minimum Gasteiger partial charge on any atom is -0.497 e. The van der Waals surface area contributed by atoms with E-state index in [2.05, 4.69) is 23.1 Å². The Hall–Kier alpha value is -2.33. The van der Waals surface area contributed by atoms with Crippen molar-refractivity contribution >= 4 is 5.97 Å². The van der Waals surface area contributed by atoms with Crippen molar-refractivity contribution in [2.75, 3.05) is 20.8 Å². The number of nitrogens with zero attached hydrogens (tertiary/aromatic N) is 1. The Morgan fingerprint density at radius 1 is 1.17 bits per heavy atom. The lowest BCUT2D eigenvalue weighted by Crippen LogP contribution is -2.22. The summed E-state index contributed by atoms with van der Waals surface area (Å²) < 4.78 is 10.1. The van der Waals surface area contributed by atoms with Crippen molar-refractivity contribution in [3.63, 3.8) is 0 Å². The van der Waals surface area contributed by atoms with Gasteiger partial charge in [0.2, 0.25) is 0 Å². The zero-order valence-corrected chi connectivity index (χ0v) is 14.2. The van der Waals surface area contributed by atoms with Crippen LogP contribution in [0.25, 0.3) is 0 Å². The van der Waals surface area contributed by atoms with E-state index in [9.17, 15) is 4.79 Å². The van der Waals surface area contributed by atoms with Gasteiger partial charge in [-0.3, -0.25) is 4.90 Å². The van der Waals surface area contributed by atoms with Gasteiger partial charge in [0.1, 0.15) is 5.75 Å². The van der Waals surface area contributed by atoms with Gasteiger partial charge in [-0.25, -0.2) is 4.79 Å². The topological polar surface area (TPSA) is 38.8 Å². The molecule has 4 heteroatoms. The van der Waals surface area contributed by atoms with Crippen molar-refractivity contribution in [3.05, 3.63) is 65.2 Å². The molecule has 0 radical (unpaired) electrons. The second-order valence-electron chi connectivity index (χ2n) is 6.09. The van der Waals surface area contributed by atoms with Crippen LogP contribution in [0, 0.1) is 0 Å². The summed E-state index contributed by atoms with van der Waals surface area (Å²) in [5.74, 6) is 0.596. The van der Waals surface area contributed by atoms with E-state index in [1.165, 1.54) is 19.1 Å². The lowest BCUT2D eigenvalue weighted by atomic mass is 10.0. The van der Waals surface area contributed by atoms with Gasteiger partial charge in [-0.1, -0.05) is 24.3 Å². The number of carbonyl (C=O) groups is 1. The largest absolute Gasteiger partial charge is 0.497 e. The van der Waals surface area contributed by atoms with Crippen molar-refractivity contribution in [2.24, 2.45) is 0 Å². The first-order chi connectivity index (χ1) is 11.7. The number of methoxy groups -OCH3 is 2. The Morgan fingerprint density at radius 2 is 1.96 bits per heavy atom. The molecule has 1 atom stereocenters. The summed E-state index contributed by atoms with van der Waals surface area (Å²) in [5.41, 5.74) is 3.06. The van der Waals surface area contributed by atoms with Gasteiger partial charge < -0.3 is 9.47 Å². The van der Waals surface area contributed by atoms with E-state index in [-0.39, 0.29) is 5.97 Å². The molecule has 0 aliphatic carbocycles. The Morgan fingerprint density at radius 3 is 2.67 bits per heavy atom. The van der Waals surface area contributed by atoms with Crippen molar-refractivity contribution in [2.45, 2.75) is 25.4 Å². The zero-order valence-electron chi connectivity index (χ0n) is 14.2. The number of ether oxygens (including phenoxy) is 2. The molecule has 3 rings (SSSR count). The molecule has 0 spiro atoms. The molecule has 0 amide bonds. The monoisotopic (exact) mass is 325 g/mol. The van der Waals surface area contributed by atoms with Gasteiger partial charge in [-0.05, 0) is 54.8 Å². The van der Waals surface area contributed by atoms with Crippen LogP contribution in [-0.2, 0) is 11.3 Å². The molecule has 2 aromatic rings. The van der Waals surface area contributed by atoms with Crippen LogP contribution < -0.4 is 4.74 Å². The molecule has 1 fully saturated rings. The number of hydrogen-bond acceptors (Lipinski definition) is 4.